The second kappa shape index (κ2) is 7.12. The molecule has 2 unspecified atom stereocenters. The summed E-state index contributed by atoms with van der Waals surface area (Å²) in [6, 6.07) is 14.4. The molecule has 0 aliphatic heterocycles. The third-order valence-electron chi connectivity index (χ3n) is 3.22. The van der Waals surface area contributed by atoms with Gasteiger partial charge < -0.3 is 14.5 Å². The van der Waals surface area contributed by atoms with Crippen molar-refractivity contribution in [3.8, 4) is 0 Å². The maximum atomic E-state index is 5.70. The highest BCUT2D eigenvalue weighted by atomic mass is 16.5. The molecule has 3 heteroatoms. The van der Waals surface area contributed by atoms with Crippen LogP contribution in [0, 0.1) is 0 Å². The van der Waals surface area contributed by atoms with Gasteiger partial charge >= 0.3 is 0 Å². The van der Waals surface area contributed by atoms with E-state index in [9.17, 15) is 0 Å². The molecule has 0 bridgehead atoms. The summed E-state index contributed by atoms with van der Waals surface area (Å²) >= 11 is 0. The second-order valence-electron chi connectivity index (χ2n) is 4.51. The lowest BCUT2D eigenvalue weighted by Gasteiger charge is -2.26. The molecule has 0 saturated carbocycles. The second-order valence-corrected chi connectivity index (χ2v) is 4.51. The largest absolute Gasteiger partial charge is 0.469 e. The third kappa shape index (κ3) is 3.69. The molecule has 1 aromatic carbocycles. The Balaban J connectivity index is 2.16. The molecule has 1 aromatic heterocycles. The first-order chi connectivity index (χ1) is 9.35. The summed E-state index contributed by atoms with van der Waals surface area (Å²) < 4.78 is 11.1. The van der Waals surface area contributed by atoms with Crippen molar-refractivity contribution in [3.05, 3.63) is 60.1 Å². The molecular weight excluding hydrogens is 238 g/mol. The maximum absolute atomic E-state index is 5.70. The number of hydrogen-bond donors (Lipinski definition) is 1. The number of likely N-dealkylation sites (N-methyl/N-ethyl adjacent to an activating group) is 1. The van der Waals surface area contributed by atoms with Gasteiger partial charge in [-0.05, 0) is 24.2 Å². The quantitative estimate of drug-likeness (QED) is 0.829. The molecule has 0 aliphatic rings. The van der Waals surface area contributed by atoms with Gasteiger partial charge in [0.2, 0.25) is 0 Å². The van der Waals surface area contributed by atoms with Gasteiger partial charge in [-0.2, -0.15) is 0 Å². The van der Waals surface area contributed by atoms with Crippen LogP contribution >= 0.6 is 0 Å². The van der Waals surface area contributed by atoms with Gasteiger partial charge in [0.15, 0.2) is 0 Å². The smallest absolute Gasteiger partial charge is 0.105 e. The zero-order chi connectivity index (χ0) is 13.5. The van der Waals surface area contributed by atoms with Crippen LogP contribution in [0.15, 0.2) is 53.1 Å². The summed E-state index contributed by atoms with van der Waals surface area (Å²) in [6.45, 7) is 3.00. The lowest BCUT2D eigenvalue weighted by Crippen LogP contribution is -2.37. The van der Waals surface area contributed by atoms with Crippen LogP contribution in [0.3, 0.4) is 0 Å². The van der Waals surface area contributed by atoms with E-state index in [0.29, 0.717) is 0 Å². The Hall–Kier alpha value is -1.58. The van der Waals surface area contributed by atoms with Gasteiger partial charge in [0.25, 0.3) is 0 Å². The fraction of sp³-hybridized carbons (Fsp3) is 0.375. The first-order valence-corrected chi connectivity index (χ1v) is 6.68. The molecule has 0 radical (unpaired) electrons. The van der Waals surface area contributed by atoms with Gasteiger partial charge in [0.1, 0.15) is 5.76 Å². The standard InChI is InChI=1S/C16H21NO2/c1-3-17-15(12-14-10-7-11-19-14)16(18-2)13-8-5-4-6-9-13/h4-11,15-17H,3,12H2,1-2H3. The fourth-order valence-corrected chi connectivity index (χ4v) is 2.37. The summed E-state index contributed by atoms with van der Waals surface area (Å²) in [5.41, 5.74) is 1.18. The first-order valence-electron chi connectivity index (χ1n) is 6.68. The van der Waals surface area contributed by atoms with E-state index in [-0.39, 0.29) is 12.1 Å². The number of benzene rings is 1. The van der Waals surface area contributed by atoms with Crippen LogP contribution in [0.2, 0.25) is 0 Å². The van der Waals surface area contributed by atoms with Crippen LogP contribution in [0.25, 0.3) is 0 Å². The summed E-state index contributed by atoms with van der Waals surface area (Å²) in [5, 5.41) is 3.49. The van der Waals surface area contributed by atoms with Crippen molar-refractivity contribution in [1.82, 2.24) is 5.32 Å². The Bertz CT molecular complexity index is 453. The minimum atomic E-state index is 0.0197. The Morgan fingerprint density at radius 3 is 2.53 bits per heavy atom. The molecule has 2 atom stereocenters. The van der Waals surface area contributed by atoms with Crippen LogP contribution < -0.4 is 5.32 Å². The number of hydrogen-bond acceptors (Lipinski definition) is 3. The number of ether oxygens (including phenoxy) is 1. The lowest BCUT2D eigenvalue weighted by atomic mass is 9.98. The molecule has 0 amide bonds. The third-order valence-corrected chi connectivity index (χ3v) is 3.22. The van der Waals surface area contributed by atoms with Crippen molar-refractivity contribution in [1.29, 1.82) is 0 Å². The zero-order valence-corrected chi connectivity index (χ0v) is 11.5. The SMILES string of the molecule is CCNC(Cc1ccco1)C(OC)c1ccccc1. The van der Waals surface area contributed by atoms with Crippen LogP contribution in [0.5, 0.6) is 0 Å². The van der Waals surface area contributed by atoms with E-state index in [2.05, 4.69) is 24.4 Å². The molecular formula is C16H21NO2. The van der Waals surface area contributed by atoms with E-state index in [1.165, 1.54) is 5.56 Å². The van der Waals surface area contributed by atoms with Gasteiger partial charge in [-0.3, -0.25) is 0 Å². The summed E-state index contributed by atoms with van der Waals surface area (Å²) in [5.74, 6) is 0.976. The predicted octanol–water partition coefficient (Wildman–Crippen LogP) is 3.19. The van der Waals surface area contributed by atoms with E-state index in [0.717, 1.165) is 18.7 Å². The average molecular weight is 259 g/mol. The number of rotatable bonds is 7. The highest BCUT2D eigenvalue weighted by Crippen LogP contribution is 2.23. The van der Waals surface area contributed by atoms with Gasteiger partial charge in [-0.1, -0.05) is 37.3 Å². The van der Waals surface area contributed by atoms with Crippen LogP contribution in [-0.4, -0.2) is 19.7 Å². The zero-order valence-electron chi connectivity index (χ0n) is 11.5. The van der Waals surface area contributed by atoms with E-state index >= 15 is 0 Å². The minimum Gasteiger partial charge on any atom is -0.469 e. The summed E-state index contributed by atoms with van der Waals surface area (Å²) in [4.78, 5) is 0. The topological polar surface area (TPSA) is 34.4 Å². The van der Waals surface area contributed by atoms with Crippen molar-refractivity contribution in [2.24, 2.45) is 0 Å². The van der Waals surface area contributed by atoms with Crippen molar-refractivity contribution >= 4 is 0 Å². The normalized spacial score (nSPS) is 14.2. The van der Waals surface area contributed by atoms with Crippen LogP contribution in [0.4, 0.5) is 0 Å². The highest BCUT2D eigenvalue weighted by molar-refractivity contribution is 5.20. The van der Waals surface area contributed by atoms with Gasteiger partial charge in [0, 0.05) is 19.6 Å². The molecule has 0 aliphatic carbocycles. The lowest BCUT2D eigenvalue weighted by molar-refractivity contribution is 0.0667. The monoisotopic (exact) mass is 259 g/mol. The van der Waals surface area contributed by atoms with Crippen molar-refractivity contribution in [2.75, 3.05) is 13.7 Å². The molecule has 0 saturated heterocycles. The number of methoxy groups -OCH3 is 1. The molecule has 2 aromatic rings. The Labute approximate surface area is 114 Å². The molecule has 0 fully saturated rings. The summed E-state index contributed by atoms with van der Waals surface area (Å²) in [7, 11) is 1.75. The van der Waals surface area contributed by atoms with Crippen molar-refractivity contribution < 1.29 is 9.15 Å². The van der Waals surface area contributed by atoms with E-state index in [1.54, 1.807) is 13.4 Å². The molecule has 3 nitrogen and oxygen atoms in total. The molecule has 102 valence electrons. The molecule has 1 N–H and O–H groups in total. The molecule has 1 heterocycles. The van der Waals surface area contributed by atoms with E-state index in [1.807, 2.05) is 30.3 Å². The Morgan fingerprint density at radius 2 is 1.95 bits per heavy atom. The number of nitrogens with one attached hydrogen (secondary N) is 1. The number of furan rings is 1. The fourth-order valence-electron chi connectivity index (χ4n) is 2.37. The maximum Gasteiger partial charge on any atom is 0.105 e. The Morgan fingerprint density at radius 1 is 1.16 bits per heavy atom. The van der Waals surface area contributed by atoms with Crippen LogP contribution in [-0.2, 0) is 11.2 Å². The minimum absolute atomic E-state index is 0.0197. The van der Waals surface area contributed by atoms with Crippen molar-refractivity contribution in [3.63, 3.8) is 0 Å². The van der Waals surface area contributed by atoms with Crippen LogP contribution in [0.1, 0.15) is 24.4 Å². The van der Waals surface area contributed by atoms with Gasteiger partial charge in [-0.15, -0.1) is 0 Å². The van der Waals surface area contributed by atoms with Crippen molar-refractivity contribution in [2.45, 2.75) is 25.5 Å². The predicted molar refractivity (Wildman–Crippen MR) is 76.1 cm³/mol. The highest BCUT2D eigenvalue weighted by Gasteiger charge is 2.23. The summed E-state index contributed by atoms with van der Waals surface area (Å²) in [6.07, 6.45) is 2.54. The molecule has 0 spiro atoms. The Kier molecular flexibility index (Phi) is 5.19. The van der Waals surface area contributed by atoms with Gasteiger partial charge in [0.05, 0.1) is 12.4 Å². The van der Waals surface area contributed by atoms with E-state index in [4.69, 9.17) is 9.15 Å². The molecule has 2 rings (SSSR count). The molecule has 19 heavy (non-hydrogen) atoms. The average Bonchev–Trinajstić information content (AvgIpc) is 2.94. The van der Waals surface area contributed by atoms with Gasteiger partial charge in [-0.25, -0.2) is 0 Å². The first kappa shape index (κ1) is 13.8. The van der Waals surface area contributed by atoms with E-state index < -0.39 is 0 Å².